The molecular formula is C13H13N2O5S. The van der Waals surface area contributed by atoms with Crippen LogP contribution in [0, 0.1) is 0 Å². The molecule has 0 unspecified atom stereocenters. The molecule has 0 N–H and O–H groups in total. The molecule has 0 aromatic heterocycles. The van der Waals surface area contributed by atoms with Crippen molar-refractivity contribution in [3.8, 4) is 0 Å². The minimum Gasteiger partial charge on any atom is -0.270 e. The minimum absolute atomic E-state index is 0.201. The van der Waals surface area contributed by atoms with Gasteiger partial charge < -0.3 is 0 Å². The molecule has 8 heteroatoms. The van der Waals surface area contributed by atoms with Crippen molar-refractivity contribution in [1.29, 1.82) is 0 Å². The first-order valence-corrected chi connectivity index (χ1v) is 7.90. The summed E-state index contributed by atoms with van der Waals surface area (Å²) in [4.78, 5) is 36.3. The highest BCUT2D eigenvalue weighted by molar-refractivity contribution is 7.89. The van der Waals surface area contributed by atoms with E-state index in [1.807, 2.05) is 0 Å². The van der Waals surface area contributed by atoms with Gasteiger partial charge in [-0.15, -0.1) is 4.72 Å². The van der Waals surface area contributed by atoms with Crippen LogP contribution in [0.4, 0.5) is 0 Å². The summed E-state index contributed by atoms with van der Waals surface area (Å²) in [7, 11) is -3.85. The van der Waals surface area contributed by atoms with E-state index in [0.717, 1.165) is 0 Å². The summed E-state index contributed by atoms with van der Waals surface area (Å²) >= 11 is 0. The lowest BCUT2D eigenvalue weighted by Gasteiger charge is -2.12. The summed E-state index contributed by atoms with van der Waals surface area (Å²) in [6.07, 6.45) is 0.326. The second-order valence-corrected chi connectivity index (χ2v) is 6.27. The number of amides is 3. The van der Waals surface area contributed by atoms with Crippen LogP contribution >= 0.6 is 0 Å². The summed E-state index contributed by atoms with van der Waals surface area (Å²) in [5.41, 5.74) is 0.401. The van der Waals surface area contributed by atoms with Crippen molar-refractivity contribution in [3.05, 3.63) is 35.4 Å². The van der Waals surface area contributed by atoms with Gasteiger partial charge in [-0.1, -0.05) is 19.1 Å². The number of hydrogen-bond acceptors (Lipinski definition) is 5. The molecule has 0 saturated carbocycles. The maximum absolute atomic E-state index is 12.0. The molecule has 3 amide bonds. The fraction of sp³-hybridized carbons (Fsp3) is 0.308. The van der Waals surface area contributed by atoms with E-state index < -0.39 is 34.3 Å². The summed E-state index contributed by atoms with van der Waals surface area (Å²) < 4.78 is 25.9. The Bertz CT molecular complexity index is 676. The smallest absolute Gasteiger partial charge is 0.270 e. The summed E-state index contributed by atoms with van der Waals surface area (Å²) in [5, 5.41) is 0. The van der Waals surface area contributed by atoms with Gasteiger partial charge in [0.2, 0.25) is 0 Å². The molecule has 0 fully saturated rings. The van der Waals surface area contributed by atoms with E-state index in [0.29, 0.717) is 11.3 Å². The molecule has 1 aromatic rings. The van der Waals surface area contributed by atoms with Crippen LogP contribution in [0.3, 0.4) is 0 Å². The molecule has 1 aliphatic rings. The quantitative estimate of drug-likeness (QED) is 0.720. The van der Waals surface area contributed by atoms with Gasteiger partial charge in [0.1, 0.15) is 6.54 Å². The topological polar surface area (TPSA) is 103 Å². The molecule has 111 valence electrons. The van der Waals surface area contributed by atoms with Crippen molar-refractivity contribution in [2.45, 2.75) is 13.3 Å². The Hall–Kier alpha value is -2.22. The van der Waals surface area contributed by atoms with Gasteiger partial charge in [0.05, 0.1) is 16.9 Å². The van der Waals surface area contributed by atoms with E-state index in [1.165, 1.54) is 12.1 Å². The molecule has 0 bridgehead atoms. The molecule has 2 rings (SSSR count). The van der Waals surface area contributed by atoms with Gasteiger partial charge in [-0.2, -0.15) is 0 Å². The number of carbonyl (C=O) groups is 3. The normalized spacial score (nSPS) is 14.2. The average molecular weight is 309 g/mol. The highest BCUT2D eigenvalue weighted by Crippen LogP contribution is 2.21. The van der Waals surface area contributed by atoms with Crippen molar-refractivity contribution in [2.75, 3.05) is 12.3 Å². The van der Waals surface area contributed by atoms with E-state index >= 15 is 0 Å². The fourth-order valence-electron chi connectivity index (χ4n) is 2.01. The standard InChI is InChI=1S/C13H13N2O5S/c1-2-7-21(19,20)14-11(16)8-15-12(17)9-5-3-4-6-10(9)13(15)18/h3-6H,2,7-8H2,1H3. The lowest BCUT2D eigenvalue weighted by Crippen LogP contribution is -2.39. The maximum Gasteiger partial charge on any atom is 0.276 e. The molecule has 1 heterocycles. The summed E-state index contributed by atoms with van der Waals surface area (Å²) in [6.45, 7) is 0.969. The summed E-state index contributed by atoms with van der Waals surface area (Å²) in [6, 6.07) is 6.16. The zero-order valence-corrected chi connectivity index (χ0v) is 12.1. The average Bonchev–Trinajstić information content (AvgIpc) is 2.64. The second kappa shape index (κ2) is 5.65. The lowest BCUT2D eigenvalue weighted by atomic mass is 10.1. The van der Waals surface area contributed by atoms with Crippen LogP contribution in [-0.2, 0) is 14.8 Å². The molecule has 1 radical (unpaired) electrons. The SMILES string of the molecule is CCCS(=O)(=O)[N]C(=O)CN1C(=O)c2ccccc2C1=O. The first kappa shape index (κ1) is 15.2. The molecule has 0 aliphatic carbocycles. The van der Waals surface area contributed by atoms with Crippen molar-refractivity contribution >= 4 is 27.7 Å². The predicted octanol–water partition coefficient (Wildman–Crippen LogP) is 0.153. The van der Waals surface area contributed by atoms with Crippen LogP contribution in [0.5, 0.6) is 0 Å². The zero-order valence-electron chi connectivity index (χ0n) is 11.3. The summed E-state index contributed by atoms with van der Waals surface area (Å²) in [5.74, 6) is -2.52. The Morgan fingerprint density at radius 1 is 1.14 bits per heavy atom. The predicted molar refractivity (Wildman–Crippen MR) is 73.0 cm³/mol. The van der Waals surface area contributed by atoms with Crippen molar-refractivity contribution in [1.82, 2.24) is 9.62 Å². The van der Waals surface area contributed by atoms with Crippen LogP contribution in [0.2, 0.25) is 0 Å². The van der Waals surface area contributed by atoms with E-state index in [-0.39, 0.29) is 16.9 Å². The van der Waals surface area contributed by atoms with E-state index in [2.05, 4.69) is 4.72 Å². The third kappa shape index (κ3) is 3.10. The van der Waals surface area contributed by atoms with Crippen molar-refractivity contribution in [3.63, 3.8) is 0 Å². The number of rotatable bonds is 5. The van der Waals surface area contributed by atoms with Gasteiger partial charge in [0, 0.05) is 0 Å². The van der Waals surface area contributed by atoms with Gasteiger partial charge in [-0.05, 0) is 18.6 Å². The molecule has 1 aromatic carbocycles. The Balaban J connectivity index is 2.10. The number of carbonyl (C=O) groups excluding carboxylic acids is 3. The van der Waals surface area contributed by atoms with Crippen molar-refractivity contribution in [2.24, 2.45) is 0 Å². The Kier molecular flexibility index (Phi) is 4.08. The number of benzene rings is 1. The van der Waals surface area contributed by atoms with Crippen LogP contribution in [0.25, 0.3) is 0 Å². The van der Waals surface area contributed by atoms with Crippen LogP contribution in [-0.4, -0.2) is 43.3 Å². The Morgan fingerprint density at radius 2 is 1.67 bits per heavy atom. The van der Waals surface area contributed by atoms with Gasteiger partial charge in [-0.25, -0.2) is 8.42 Å². The molecule has 0 saturated heterocycles. The first-order valence-electron chi connectivity index (χ1n) is 6.29. The second-order valence-electron chi connectivity index (χ2n) is 4.51. The largest absolute Gasteiger partial charge is 0.276 e. The number of hydrogen-bond donors (Lipinski definition) is 0. The number of imide groups is 1. The molecule has 7 nitrogen and oxygen atoms in total. The van der Waals surface area contributed by atoms with E-state index in [4.69, 9.17) is 0 Å². The molecular weight excluding hydrogens is 296 g/mol. The van der Waals surface area contributed by atoms with Gasteiger partial charge in [-0.3, -0.25) is 19.3 Å². The van der Waals surface area contributed by atoms with E-state index in [9.17, 15) is 22.8 Å². The molecule has 0 spiro atoms. The lowest BCUT2D eigenvalue weighted by molar-refractivity contribution is -0.119. The monoisotopic (exact) mass is 309 g/mol. The van der Waals surface area contributed by atoms with Gasteiger partial charge in [0.15, 0.2) is 0 Å². The third-order valence-corrected chi connectivity index (χ3v) is 4.28. The van der Waals surface area contributed by atoms with Crippen LogP contribution in [0.15, 0.2) is 24.3 Å². The van der Waals surface area contributed by atoms with Crippen molar-refractivity contribution < 1.29 is 22.8 Å². The van der Waals surface area contributed by atoms with Gasteiger partial charge in [0.25, 0.3) is 27.7 Å². The number of nitrogens with zero attached hydrogens (tertiary/aromatic N) is 2. The highest BCUT2D eigenvalue weighted by atomic mass is 32.2. The van der Waals surface area contributed by atoms with Crippen LogP contribution < -0.4 is 4.72 Å². The Labute approximate surface area is 122 Å². The van der Waals surface area contributed by atoms with Crippen LogP contribution in [0.1, 0.15) is 34.1 Å². The van der Waals surface area contributed by atoms with E-state index in [1.54, 1.807) is 19.1 Å². The zero-order chi connectivity index (χ0) is 15.6. The highest BCUT2D eigenvalue weighted by Gasteiger charge is 2.37. The third-order valence-electron chi connectivity index (χ3n) is 2.87. The molecule has 1 aliphatic heterocycles. The molecule has 21 heavy (non-hydrogen) atoms. The molecule has 0 atom stereocenters. The minimum atomic E-state index is -3.85. The van der Waals surface area contributed by atoms with Gasteiger partial charge >= 0.3 is 0 Å². The Morgan fingerprint density at radius 3 is 2.14 bits per heavy atom. The number of fused-ring (bicyclic) bond motifs is 1. The first-order chi connectivity index (χ1) is 9.85. The number of sulfonamides is 1. The fourth-order valence-corrected chi connectivity index (χ4v) is 2.98. The maximum atomic E-state index is 12.0.